The molecular weight excluding hydrogens is 247 g/mol. The van der Waals surface area contributed by atoms with Gasteiger partial charge in [-0.25, -0.2) is 12.8 Å². The van der Waals surface area contributed by atoms with E-state index < -0.39 is 26.7 Å². The molecular formula is C11H15FO4S. The van der Waals surface area contributed by atoms with Crippen LogP contribution >= 0.6 is 0 Å². The quantitative estimate of drug-likeness (QED) is 0.884. The zero-order chi connectivity index (χ0) is 13.2. The van der Waals surface area contributed by atoms with Gasteiger partial charge in [0, 0.05) is 18.7 Å². The predicted octanol–water partition coefficient (Wildman–Crippen LogP) is 1.16. The number of rotatable bonds is 4. The Labute approximate surface area is 100.0 Å². The van der Waals surface area contributed by atoms with Crippen molar-refractivity contribution in [2.45, 2.75) is 24.3 Å². The van der Waals surface area contributed by atoms with Crippen molar-refractivity contribution >= 4 is 9.84 Å². The lowest BCUT2D eigenvalue weighted by atomic mass is 10.1. The standard InChI is InChI=1S/C11H15FO4S/c1-7(13)4-8-5-9(12)11(17(3,14)15)6-10(8)16-2/h5-7,13H,4H2,1-3H3. The lowest BCUT2D eigenvalue weighted by Crippen LogP contribution is -2.08. The van der Waals surface area contributed by atoms with Crippen molar-refractivity contribution < 1.29 is 22.7 Å². The molecule has 1 aromatic rings. The molecule has 1 aromatic carbocycles. The van der Waals surface area contributed by atoms with Gasteiger partial charge in [0.25, 0.3) is 0 Å². The van der Waals surface area contributed by atoms with Crippen LogP contribution in [0.15, 0.2) is 17.0 Å². The minimum absolute atomic E-state index is 0.199. The summed E-state index contributed by atoms with van der Waals surface area (Å²) in [7, 11) is -2.26. The van der Waals surface area contributed by atoms with E-state index in [4.69, 9.17) is 4.74 Å². The first-order valence-electron chi connectivity index (χ1n) is 5.00. The molecule has 0 aliphatic heterocycles. The highest BCUT2D eigenvalue weighted by atomic mass is 32.2. The van der Waals surface area contributed by atoms with Crippen LogP contribution in [0.25, 0.3) is 0 Å². The number of aliphatic hydroxyl groups excluding tert-OH is 1. The van der Waals surface area contributed by atoms with Crippen LogP contribution in [0.1, 0.15) is 12.5 Å². The minimum Gasteiger partial charge on any atom is -0.496 e. The van der Waals surface area contributed by atoms with Gasteiger partial charge in [-0.1, -0.05) is 0 Å². The average molecular weight is 262 g/mol. The minimum atomic E-state index is -3.63. The molecule has 0 spiro atoms. The van der Waals surface area contributed by atoms with Crippen molar-refractivity contribution in [2.24, 2.45) is 0 Å². The maximum absolute atomic E-state index is 13.6. The van der Waals surface area contributed by atoms with E-state index in [0.29, 0.717) is 5.56 Å². The second-order valence-electron chi connectivity index (χ2n) is 3.92. The molecule has 0 fully saturated rings. The second-order valence-corrected chi connectivity index (χ2v) is 5.90. The van der Waals surface area contributed by atoms with Gasteiger partial charge >= 0.3 is 0 Å². The molecule has 6 heteroatoms. The third-order valence-electron chi connectivity index (χ3n) is 2.25. The third-order valence-corrected chi connectivity index (χ3v) is 3.36. The molecule has 1 atom stereocenters. The summed E-state index contributed by atoms with van der Waals surface area (Å²) in [5, 5.41) is 9.25. The number of ether oxygens (including phenoxy) is 1. The van der Waals surface area contributed by atoms with Crippen LogP contribution < -0.4 is 4.74 Å². The summed E-state index contributed by atoms with van der Waals surface area (Å²) in [6.07, 6.45) is 0.468. The summed E-state index contributed by atoms with van der Waals surface area (Å²) in [4.78, 5) is -0.399. The Morgan fingerprint density at radius 2 is 2.06 bits per heavy atom. The monoisotopic (exact) mass is 262 g/mol. The molecule has 1 N–H and O–H groups in total. The molecule has 17 heavy (non-hydrogen) atoms. The van der Waals surface area contributed by atoms with Crippen LogP contribution in [0.3, 0.4) is 0 Å². The van der Waals surface area contributed by atoms with Crippen molar-refractivity contribution in [1.29, 1.82) is 0 Å². The van der Waals surface area contributed by atoms with Crippen LogP contribution in [0, 0.1) is 5.82 Å². The van der Waals surface area contributed by atoms with Gasteiger partial charge in [-0.3, -0.25) is 0 Å². The highest BCUT2D eigenvalue weighted by molar-refractivity contribution is 7.90. The van der Waals surface area contributed by atoms with Gasteiger partial charge in [0.05, 0.1) is 13.2 Å². The lowest BCUT2D eigenvalue weighted by Gasteiger charge is -2.12. The first kappa shape index (κ1) is 13.9. The zero-order valence-electron chi connectivity index (χ0n) is 9.90. The van der Waals surface area contributed by atoms with Gasteiger partial charge in [0.1, 0.15) is 16.5 Å². The molecule has 0 aliphatic carbocycles. The zero-order valence-corrected chi connectivity index (χ0v) is 10.7. The summed E-state index contributed by atoms with van der Waals surface area (Å²) in [6.45, 7) is 1.56. The van der Waals surface area contributed by atoms with Crippen molar-refractivity contribution in [2.75, 3.05) is 13.4 Å². The smallest absolute Gasteiger partial charge is 0.178 e. The predicted molar refractivity (Wildman–Crippen MR) is 61.4 cm³/mol. The van der Waals surface area contributed by atoms with Crippen molar-refractivity contribution in [3.8, 4) is 5.75 Å². The largest absolute Gasteiger partial charge is 0.496 e. The fourth-order valence-electron chi connectivity index (χ4n) is 1.53. The Balaban J connectivity index is 3.35. The fourth-order valence-corrected chi connectivity index (χ4v) is 2.26. The van der Waals surface area contributed by atoms with E-state index in [1.807, 2.05) is 0 Å². The normalized spacial score (nSPS) is 13.5. The van der Waals surface area contributed by atoms with Crippen molar-refractivity contribution in [3.05, 3.63) is 23.5 Å². The van der Waals surface area contributed by atoms with Gasteiger partial charge in [-0.2, -0.15) is 0 Å². The number of aliphatic hydroxyl groups is 1. The number of benzene rings is 1. The van der Waals surface area contributed by atoms with Crippen molar-refractivity contribution in [1.82, 2.24) is 0 Å². The first-order chi connectivity index (χ1) is 7.75. The molecule has 1 unspecified atom stereocenters. The van der Waals surface area contributed by atoms with Crippen LogP contribution in [0.2, 0.25) is 0 Å². The molecule has 0 amide bonds. The van der Waals surface area contributed by atoms with E-state index in [1.54, 1.807) is 6.92 Å². The molecule has 0 saturated heterocycles. The van der Waals surface area contributed by atoms with Gasteiger partial charge in [-0.15, -0.1) is 0 Å². The Kier molecular flexibility index (Phi) is 4.11. The Morgan fingerprint density at radius 3 is 2.47 bits per heavy atom. The molecule has 0 aliphatic rings. The highest BCUT2D eigenvalue weighted by Gasteiger charge is 2.18. The molecule has 0 heterocycles. The second kappa shape index (κ2) is 5.01. The lowest BCUT2D eigenvalue weighted by molar-refractivity contribution is 0.194. The van der Waals surface area contributed by atoms with Crippen LogP contribution in [0.4, 0.5) is 4.39 Å². The van der Waals surface area contributed by atoms with Crippen LogP contribution in [0.5, 0.6) is 5.75 Å². The maximum atomic E-state index is 13.6. The van der Waals surface area contributed by atoms with E-state index in [9.17, 15) is 17.9 Å². The topological polar surface area (TPSA) is 63.6 Å². The Bertz CT molecular complexity index is 508. The number of hydrogen-bond acceptors (Lipinski definition) is 4. The van der Waals surface area contributed by atoms with Gasteiger partial charge in [-0.05, 0) is 18.6 Å². The van der Waals surface area contributed by atoms with Crippen molar-refractivity contribution in [3.63, 3.8) is 0 Å². The summed E-state index contributed by atoms with van der Waals surface area (Å²) >= 11 is 0. The molecule has 0 saturated carbocycles. The van der Waals surface area contributed by atoms with E-state index in [1.165, 1.54) is 7.11 Å². The maximum Gasteiger partial charge on any atom is 0.178 e. The number of sulfone groups is 1. The molecule has 4 nitrogen and oxygen atoms in total. The van der Waals surface area contributed by atoms with Crippen LogP contribution in [-0.2, 0) is 16.3 Å². The summed E-state index contributed by atoms with van der Waals surface area (Å²) in [6, 6.07) is 2.23. The van der Waals surface area contributed by atoms with E-state index in [0.717, 1.165) is 18.4 Å². The SMILES string of the molecule is COc1cc(S(C)(=O)=O)c(F)cc1CC(C)O. The van der Waals surface area contributed by atoms with E-state index in [2.05, 4.69) is 0 Å². The number of methoxy groups -OCH3 is 1. The summed E-state index contributed by atoms with van der Waals surface area (Å²) in [5.41, 5.74) is 0.437. The summed E-state index contributed by atoms with van der Waals surface area (Å²) < 4.78 is 41.2. The Morgan fingerprint density at radius 1 is 1.47 bits per heavy atom. The number of halogens is 1. The van der Waals surface area contributed by atoms with Gasteiger partial charge in [0.2, 0.25) is 0 Å². The van der Waals surface area contributed by atoms with E-state index in [-0.39, 0.29) is 12.2 Å². The third kappa shape index (κ3) is 3.41. The summed E-state index contributed by atoms with van der Waals surface area (Å²) in [5.74, 6) is -0.573. The number of hydrogen-bond donors (Lipinski definition) is 1. The molecule has 0 radical (unpaired) electrons. The van der Waals surface area contributed by atoms with Gasteiger partial charge in [0.15, 0.2) is 9.84 Å². The highest BCUT2D eigenvalue weighted by Crippen LogP contribution is 2.27. The fraction of sp³-hybridized carbons (Fsp3) is 0.455. The molecule has 0 bridgehead atoms. The van der Waals surface area contributed by atoms with E-state index >= 15 is 0 Å². The molecule has 0 aromatic heterocycles. The van der Waals surface area contributed by atoms with Crippen LogP contribution in [-0.4, -0.2) is 33.0 Å². The van der Waals surface area contributed by atoms with Gasteiger partial charge < -0.3 is 9.84 Å². The Hall–Kier alpha value is -1.14. The average Bonchev–Trinajstić information content (AvgIpc) is 2.14. The molecule has 96 valence electrons. The molecule has 1 rings (SSSR count). The first-order valence-corrected chi connectivity index (χ1v) is 6.89.